The number of ether oxygens (including phenoxy) is 1. The molecule has 1 aromatic heterocycles. The molecule has 0 radical (unpaired) electrons. The van der Waals surface area contributed by atoms with Gasteiger partial charge in [-0.05, 0) is 23.3 Å². The average Bonchev–Trinajstić information content (AvgIpc) is 2.75. The lowest BCUT2D eigenvalue weighted by Gasteiger charge is -2.29. The van der Waals surface area contributed by atoms with Crippen LogP contribution >= 0.6 is 0 Å². The summed E-state index contributed by atoms with van der Waals surface area (Å²) in [6, 6.07) is 17.4. The first-order valence-electron chi connectivity index (χ1n) is 9.81. The van der Waals surface area contributed by atoms with Gasteiger partial charge in [-0.1, -0.05) is 42.5 Å². The van der Waals surface area contributed by atoms with Crippen molar-refractivity contribution in [2.24, 2.45) is 0 Å². The molecule has 1 aliphatic rings. The van der Waals surface area contributed by atoms with E-state index < -0.39 is 6.10 Å². The number of aromatic amines is 1. The van der Waals surface area contributed by atoms with Crippen molar-refractivity contribution in [1.82, 2.24) is 14.9 Å². The Bertz CT molecular complexity index is 1030. The van der Waals surface area contributed by atoms with Crippen LogP contribution in [0.4, 0.5) is 0 Å². The molecule has 29 heavy (non-hydrogen) atoms. The quantitative estimate of drug-likeness (QED) is 0.675. The van der Waals surface area contributed by atoms with Crippen LogP contribution in [-0.2, 0) is 19.4 Å². The number of aromatic nitrogens is 2. The normalized spacial score (nSPS) is 15.0. The van der Waals surface area contributed by atoms with E-state index in [4.69, 9.17) is 9.72 Å². The molecule has 0 spiro atoms. The van der Waals surface area contributed by atoms with Gasteiger partial charge < -0.3 is 14.8 Å². The minimum Gasteiger partial charge on any atom is -0.497 e. The van der Waals surface area contributed by atoms with Crippen molar-refractivity contribution in [3.63, 3.8) is 0 Å². The molecule has 0 amide bonds. The number of nitrogens with one attached hydrogen (secondary N) is 1. The van der Waals surface area contributed by atoms with Crippen LogP contribution in [0.1, 0.15) is 34.3 Å². The predicted octanol–water partition coefficient (Wildman–Crippen LogP) is 2.46. The van der Waals surface area contributed by atoms with Gasteiger partial charge in [-0.15, -0.1) is 0 Å². The van der Waals surface area contributed by atoms with Crippen molar-refractivity contribution in [2.45, 2.75) is 25.5 Å². The molecule has 2 heterocycles. The summed E-state index contributed by atoms with van der Waals surface area (Å²) < 4.78 is 5.26. The maximum absolute atomic E-state index is 12.7. The number of fused-ring (bicyclic) bond motifs is 1. The molecule has 0 saturated carbocycles. The van der Waals surface area contributed by atoms with E-state index in [0.717, 1.165) is 29.1 Å². The first kappa shape index (κ1) is 19.4. The van der Waals surface area contributed by atoms with Gasteiger partial charge in [-0.3, -0.25) is 9.69 Å². The molecular formula is C23H25N3O3. The second-order valence-corrected chi connectivity index (χ2v) is 7.38. The highest BCUT2D eigenvalue weighted by atomic mass is 16.5. The second kappa shape index (κ2) is 8.59. The number of nitrogens with zero attached hydrogens (tertiary/aromatic N) is 2. The molecule has 0 aliphatic carbocycles. The van der Waals surface area contributed by atoms with E-state index in [1.807, 2.05) is 54.6 Å². The number of hydrogen-bond donors (Lipinski definition) is 2. The van der Waals surface area contributed by atoms with Gasteiger partial charge in [-0.25, -0.2) is 4.98 Å². The average molecular weight is 391 g/mol. The maximum atomic E-state index is 12.7. The van der Waals surface area contributed by atoms with Crippen molar-refractivity contribution in [3.05, 3.63) is 93.2 Å². The van der Waals surface area contributed by atoms with Crippen molar-refractivity contribution >= 4 is 0 Å². The van der Waals surface area contributed by atoms with Crippen LogP contribution in [0, 0.1) is 0 Å². The number of aliphatic hydroxyl groups is 1. The van der Waals surface area contributed by atoms with Gasteiger partial charge in [0.05, 0.1) is 24.5 Å². The maximum Gasteiger partial charge on any atom is 0.255 e. The van der Waals surface area contributed by atoms with Crippen LogP contribution in [0.15, 0.2) is 59.4 Å². The highest BCUT2D eigenvalue weighted by Crippen LogP contribution is 2.20. The van der Waals surface area contributed by atoms with Crippen LogP contribution in [0.5, 0.6) is 5.75 Å². The third kappa shape index (κ3) is 4.55. The molecule has 150 valence electrons. The summed E-state index contributed by atoms with van der Waals surface area (Å²) in [5, 5.41) is 10.5. The van der Waals surface area contributed by atoms with E-state index in [2.05, 4.69) is 9.88 Å². The van der Waals surface area contributed by atoms with Gasteiger partial charge in [0.1, 0.15) is 11.6 Å². The number of rotatable bonds is 6. The Kier molecular flexibility index (Phi) is 5.74. The van der Waals surface area contributed by atoms with Crippen molar-refractivity contribution < 1.29 is 9.84 Å². The molecule has 3 aromatic rings. The van der Waals surface area contributed by atoms with Crippen molar-refractivity contribution in [2.75, 3.05) is 20.2 Å². The fourth-order valence-electron chi connectivity index (χ4n) is 3.77. The van der Waals surface area contributed by atoms with E-state index in [-0.39, 0.29) is 5.56 Å². The molecule has 0 saturated heterocycles. The van der Waals surface area contributed by atoms with E-state index >= 15 is 0 Å². The fourth-order valence-corrected chi connectivity index (χ4v) is 3.77. The predicted molar refractivity (Wildman–Crippen MR) is 111 cm³/mol. The van der Waals surface area contributed by atoms with Gasteiger partial charge in [0.2, 0.25) is 0 Å². The topological polar surface area (TPSA) is 78.5 Å². The van der Waals surface area contributed by atoms with Crippen molar-refractivity contribution in [3.8, 4) is 5.75 Å². The highest BCUT2D eigenvalue weighted by Gasteiger charge is 2.23. The lowest BCUT2D eigenvalue weighted by molar-refractivity contribution is 0.105. The molecule has 4 rings (SSSR count). The first-order valence-corrected chi connectivity index (χ1v) is 9.81. The number of methoxy groups -OCH3 is 1. The number of β-amino-alcohol motifs (C(OH)–C–C–N with tert-alkyl or cyclic N) is 1. The summed E-state index contributed by atoms with van der Waals surface area (Å²) in [7, 11) is 1.64. The Balaban J connectivity index is 1.47. The van der Waals surface area contributed by atoms with Crippen LogP contribution in [0.2, 0.25) is 0 Å². The van der Waals surface area contributed by atoms with Gasteiger partial charge in [0.15, 0.2) is 0 Å². The summed E-state index contributed by atoms with van der Waals surface area (Å²) in [6.07, 6.45) is 0.680. The van der Waals surface area contributed by atoms with Crippen LogP contribution < -0.4 is 10.3 Å². The zero-order chi connectivity index (χ0) is 20.2. The van der Waals surface area contributed by atoms with E-state index in [1.165, 1.54) is 0 Å². The summed E-state index contributed by atoms with van der Waals surface area (Å²) in [6.45, 7) is 1.77. The third-order valence-corrected chi connectivity index (χ3v) is 5.32. The number of benzene rings is 2. The molecule has 6 nitrogen and oxygen atoms in total. The number of H-pyrrole nitrogens is 1. The third-order valence-electron chi connectivity index (χ3n) is 5.32. The van der Waals surface area contributed by atoms with Crippen LogP contribution in [-0.4, -0.2) is 40.2 Å². The lowest BCUT2D eigenvalue weighted by atomic mass is 10.0. The lowest BCUT2D eigenvalue weighted by Crippen LogP contribution is -2.38. The van der Waals surface area contributed by atoms with Gasteiger partial charge in [-0.2, -0.15) is 0 Å². The highest BCUT2D eigenvalue weighted by molar-refractivity contribution is 5.31. The summed E-state index contributed by atoms with van der Waals surface area (Å²) in [5.74, 6) is 1.45. The molecular weight excluding hydrogens is 366 g/mol. The monoisotopic (exact) mass is 391 g/mol. The fraction of sp³-hybridized carbons (Fsp3) is 0.304. The number of hydrogen-bond acceptors (Lipinski definition) is 5. The molecule has 0 bridgehead atoms. The summed E-state index contributed by atoms with van der Waals surface area (Å²) in [4.78, 5) is 22.4. The Hall–Kier alpha value is -2.96. The zero-order valence-electron chi connectivity index (χ0n) is 16.5. The second-order valence-electron chi connectivity index (χ2n) is 7.38. The summed E-state index contributed by atoms with van der Waals surface area (Å²) >= 11 is 0. The molecule has 1 atom stereocenters. The van der Waals surface area contributed by atoms with Gasteiger partial charge in [0, 0.05) is 32.5 Å². The summed E-state index contributed by atoms with van der Waals surface area (Å²) in [5.41, 5.74) is 3.39. The van der Waals surface area contributed by atoms with Crippen LogP contribution in [0.3, 0.4) is 0 Å². The van der Waals surface area contributed by atoms with E-state index in [0.29, 0.717) is 37.3 Å². The molecule has 2 N–H and O–H groups in total. The number of aliphatic hydroxyl groups excluding tert-OH is 1. The smallest absolute Gasteiger partial charge is 0.255 e. The zero-order valence-corrected chi connectivity index (χ0v) is 16.5. The molecule has 0 unspecified atom stereocenters. The SMILES string of the molecule is COc1cccc(Cc2nc3c(c(=O)[nH]2)CN(C[C@H](O)c2ccccc2)CC3)c1. The van der Waals surface area contributed by atoms with Gasteiger partial charge >= 0.3 is 0 Å². The Morgan fingerprint density at radius 3 is 2.83 bits per heavy atom. The van der Waals surface area contributed by atoms with Gasteiger partial charge in [0.25, 0.3) is 5.56 Å². The molecule has 0 fully saturated rings. The Labute approximate surface area is 169 Å². The minimum absolute atomic E-state index is 0.0909. The Morgan fingerprint density at radius 2 is 2.03 bits per heavy atom. The van der Waals surface area contributed by atoms with Crippen LogP contribution in [0.25, 0.3) is 0 Å². The molecule has 2 aromatic carbocycles. The largest absolute Gasteiger partial charge is 0.497 e. The van der Waals surface area contributed by atoms with E-state index in [9.17, 15) is 9.90 Å². The van der Waals surface area contributed by atoms with Crippen molar-refractivity contribution in [1.29, 1.82) is 0 Å². The standard InChI is InChI=1S/C23H25N3O3/c1-29-18-9-5-6-16(12-18)13-22-24-20-10-11-26(14-19(20)23(28)25-22)15-21(27)17-7-3-2-4-8-17/h2-9,12,21,27H,10-11,13-15H2,1H3,(H,24,25,28)/t21-/m0/s1. The molecule has 6 heteroatoms. The van der Waals surface area contributed by atoms with E-state index in [1.54, 1.807) is 7.11 Å². The Morgan fingerprint density at radius 1 is 1.21 bits per heavy atom. The minimum atomic E-state index is -0.572. The molecule has 1 aliphatic heterocycles. The first-order chi connectivity index (χ1) is 14.1.